The highest BCUT2D eigenvalue weighted by Gasteiger charge is 2.31. The van der Waals surface area contributed by atoms with Gasteiger partial charge in [0, 0.05) is 57.6 Å². The predicted molar refractivity (Wildman–Crippen MR) is 114 cm³/mol. The minimum atomic E-state index is -0.941. The Morgan fingerprint density at radius 1 is 1.29 bits per heavy atom. The van der Waals surface area contributed by atoms with Crippen LogP contribution in [0.5, 0.6) is 6.01 Å². The molecule has 164 valence electrons. The topological polar surface area (TPSA) is 101 Å². The van der Waals surface area contributed by atoms with Crippen molar-refractivity contribution in [1.29, 1.82) is 0 Å². The third-order valence-electron chi connectivity index (χ3n) is 5.44. The van der Waals surface area contributed by atoms with Gasteiger partial charge in [0.25, 0.3) is 5.91 Å². The Morgan fingerprint density at radius 3 is 2.71 bits per heavy atom. The molecule has 0 radical (unpaired) electrons. The fourth-order valence-corrected chi connectivity index (χ4v) is 4.06. The van der Waals surface area contributed by atoms with Crippen LogP contribution in [0, 0.1) is 0 Å². The Bertz CT molecular complexity index is 1030. The van der Waals surface area contributed by atoms with E-state index in [9.17, 15) is 9.18 Å². The Kier molecular flexibility index (Phi) is 5.92. The van der Waals surface area contributed by atoms with Gasteiger partial charge in [-0.05, 0) is 11.6 Å². The molecule has 4 heterocycles. The highest BCUT2D eigenvalue weighted by atomic mass is 35.5. The number of fused-ring (bicyclic) bond motifs is 1. The number of anilines is 2. The number of carbonyl (C=O) groups excluding carboxylic acids is 1. The lowest BCUT2D eigenvalue weighted by Crippen LogP contribution is -2.49. The molecule has 0 bridgehead atoms. The first-order valence-electron chi connectivity index (χ1n) is 9.80. The number of ether oxygens (including phenoxy) is 1. The van der Waals surface area contributed by atoms with Crippen LogP contribution in [0.15, 0.2) is 24.7 Å². The third kappa shape index (κ3) is 4.40. The monoisotopic (exact) mass is 447 g/mol. The fraction of sp³-hybridized carbons (Fsp3) is 0.400. The summed E-state index contributed by atoms with van der Waals surface area (Å²) in [5, 5.41) is 0.560. The first-order chi connectivity index (χ1) is 14.9. The summed E-state index contributed by atoms with van der Waals surface area (Å²) < 4.78 is 18.5. The van der Waals surface area contributed by atoms with Crippen molar-refractivity contribution in [2.75, 3.05) is 43.9 Å². The van der Waals surface area contributed by atoms with E-state index < -0.39 is 11.7 Å². The normalized spacial score (nSPS) is 16.4. The lowest BCUT2D eigenvalue weighted by molar-refractivity contribution is -0.128. The average Bonchev–Trinajstić information content (AvgIpc) is 3.17. The smallest absolute Gasteiger partial charge is 0.318 e. The van der Waals surface area contributed by atoms with Gasteiger partial charge in [0.15, 0.2) is 5.83 Å². The maximum Gasteiger partial charge on any atom is 0.318 e. The number of nitrogens with two attached hydrogens (primary N) is 1. The average molecular weight is 448 g/mol. The number of aromatic nitrogens is 3. The van der Waals surface area contributed by atoms with E-state index in [0.717, 1.165) is 22.6 Å². The number of nitrogen functional groups attached to an aromatic ring is 1. The van der Waals surface area contributed by atoms with E-state index in [2.05, 4.69) is 31.3 Å². The van der Waals surface area contributed by atoms with Crippen molar-refractivity contribution in [3.8, 4) is 6.01 Å². The van der Waals surface area contributed by atoms with E-state index >= 15 is 0 Å². The Balaban J connectivity index is 1.53. The molecule has 4 rings (SSSR count). The van der Waals surface area contributed by atoms with Crippen molar-refractivity contribution in [3.63, 3.8) is 0 Å². The van der Waals surface area contributed by atoms with Gasteiger partial charge >= 0.3 is 6.01 Å². The summed E-state index contributed by atoms with van der Waals surface area (Å²) in [4.78, 5) is 30.7. The Labute approximate surface area is 184 Å². The first kappa shape index (κ1) is 21.3. The summed E-state index contributed by atoms with van der Waals surface area (Å²) in [6, 6.07) is 2.06. The second-order valence-corrected chi connectivity index (χ2v) is 7.90. The van der Waals surface area contributed by atoms with Crippen LogP contribution in [0.4, 0.5) is 16.0 Å². The van der Waals surface area contributed by atoms with Crippen molar-refractivity contribution >= 4 is 29.1 Å². The SMILES string of the molecule is C=C(F)C(=O)N1CCN(c2nc(OC)nc3c2CN(Cc2cc(N)ncc2Cl)C3)CC1. The zero-order valence-electron chi connectivity index (χ0n) is 17.1. The molecule has 0 aliphatic carbocycles. The second-order valence-electron chi connectivity index (χ2n) is 7.49. The Hall–Kier alpha value is -2.98. The van der Waals surface area contributed by atoms with Crippen LogP contribution >= 0.6 is 11.6 Å². The van der Waals surface area contributed by atoms with Gasteiger partial charge in [0.05, 0.1) is 17.8 Å². The highest BCUT2D eigenvalue weighted by Crippen LogP contribution is 2.33. The van der Waals surface area contributed by atoms with Gasteiger partial charge in [0.1, 0.15) is 11.6 Å². The number of hydrogen-bond donors (Lipinski definition) is 1. The van der Waals surface area contributed by atoms with E-state index in [1.54, 1.807) is 12.3 Å². The number of methoxy groups -OCH3 is 1. The molecule has 11 heteroatoms. The summed E-state index contributed by atoms with van der Waals surface area (Å²) in [5.41, 5.74) is 8.59. The largest absolute Gasteiger partial charge is 0.467 e. The molecule has 0 saturated carbocycles. The third-order valence-corrected chi connectivity index (χ3v) is 5.78. The van der Waals surface area contributed by atoms with Gasteiger partial charge in [-0.1, -0.05) is 18.2 Å². The number of piperazine rings is 1. The lowest BCUT2D eigenvalue weighted by Gasteiger charge is -2.35. The van der Waals surface area contributed by atoms with Crippen LogP contribution < -0.4 is 15.4 Å². The number of pyridine rings is 1. The van der Waals surface area contributed by atoms with Gasteiger partial charge < -0.3 is 20.3 Å². The first-order valence-corrected chi connectivity index (χ1v) is 10.2. The molecule has 0 spiro atoms. The molecular weight excluding hydrogens is 425 g/mol. The summed E-state index contributed by atoms with van der Waals surface area (Å²) >= 11 is 6.28. The van der Waals surface area contributed by atoms with E-state index in [0.29, 0.717) is 56.7 Å². The van der Waals surface area contributed by atoms with E-state index in [-0.39, 0.29) is 6.01 Å². The Morgan fingerprint density at radius 2 is 2.03 bits per heavy atom. The van der Waals surface area contributed by atoms with Crippen molar-refractivity contribution in [2.24, 2.45) is 0 Å². The molecule has 2 aromatic rings. The van der Waals surface area contributed by atoms with Crippen LogP contribution in [0.3, 0.4) is 0 Å². The van der Waals surface area contributed by atoms with Crippen molar-refractivity contribution < 1.29 is 13.9 Å². The molecule has 0 unspecified atom stereocenters. The van der Waals surface area contributed by atoms with Crippen molar-refractivity contribution in [3.05, 3.63) is 46.5 Å². The van der Waals surface area contributed by atoms with Gasteiger partial charge in [-0.25, -0.2) is 9.37 Å². The number of carbonyl (C=O) groups is 1. The zero-order valence-corrected chi connectivity index (χ0v) is 17.9. The van der Waals surface area contributed by atoms with E-state index in [1.165, 1.54) is 12.0 Å². The van der Waals surface area contributed by atoms with Crippen LogP contribution in [-0.2, 0) is 24.4 Å². The van der Waals surface area contributed by atoms with Gasteiger partial charge in [-0.3, -0.25) is 9.69 Å². The molecule has 31 heavy (non-hydrogen) atoms. The molecule has 1 saturated heterocycles. The summed E-state index contributed by atoms with van der Waals surface area (Å²) in [5.74, 6) is -0.411. The van der Waals surface area contributed by atoms with Gasteiger partial charge in [-0.15, -0.1) is 0 Å². The molecule has 1 amide bonds. The summed E-state index contributed by atoms with van der Waals surface area (Å²) in [7, 11) is 1.53. The van der Waals surface area contributed by atoms with Crippen LogP contribution in [0.1, 0.15) is 16.8 Å². The van der Waals surface area contributed by atoms with Crippen LogP contribution in [0.25, 0.3) is 0 Å². The number of nitrogens with zero attached hydrogens (tertiary/aromatic N) is 6. The van der Waals surface area contributed by atoms with Crippen molar-refractivity contribution in [2.45, 2.75) is 19.6 Å². The van der Waals surface area contributed by atoms with E-state index in [1.807, 2.05) is 0 Å². The quantitative estimate of drug-likeness (QED) is 0.692. The van der Waals surface area contributed by atoms with E-state index in [4.69, 9.17) is 22.1 Å². The minimum Gasteiger partial charge on any atom is -0.467 e. The molecule has 9 nitrogen and oxygen atoms in total. The molecule has 1 fully saturated rings. The van der Waals surface area contributed by atoms with Gasteiger partial charge in [-0.2, -0.15) is 9.97 Å². The standard InChI is InChI=1S/C20H23ClFN7O2/c1-12(22)19(30)29-5-3-28(4-6-29)18-14-10-27(11-16(14)25-20(26-18)31-2)9-13-7-17(23)24-8-15(13)21/h7-8H,1,3-6,9-11H2,2H3,(H2,23,24). The number of hydrogen-bond acceptors (Lipinski definition) is 8. The number of amides is 1. The maximum absolute atomic E-state index is 13.2. The highest BCUT2D eigenvalue weighted by molar-refractivity contribution is 6.31. The summed E-state index contributed by atoms with van der Waals surface area (Å²) in [6.07, 6.45) is 1.55. The van der Waals surface area contributed by atoms with Crippen molar-refractivity contribution in [1.82, 2.24) is 24.8 Å². The zero-order chi connectivity index (χ0) is 22.1. The predicted octanol–water partition coefficient (Wildman–Crippen LogP) is 1.76. The molecule has 0 aromatic carbocycles. The fourth-order valence-electron chi connectivity index (χ4n) is 3.90. The molecule has 2 aliphatic rings. The molecule has 2 aliphatic heterocycles. The van der Waals surface area contributed by atoms with Crippen LogP contribution in [-0.4, -0.2) is 63.9 Å². The number of halogens is 2. The minimum absolute atomic E-state index is 0.289. The molecule has 2 N–H and O–H groups in total. The lowest BCUT2D eigenvalue weighted by atomic mass is 10.2. The van der Waals surface area contributed by atoms with Gasteiger partial charge in [0.2, 0.25) is 0 Å². The molecule has 2 aromatic heterocycles. The van der Waals surface area contributed by atoms with Crippen LogP contribution in [0.2, 0.25) is 5.02 Å². The summed E-state index contributed by atoms with van der Waals surface area (Å²) in [6.45, 7) is 6.75. The molecular formula is C20H23ClFN7O2. The second kappa shape index (κ2) is 8.64. The molecule has 0 atom stereocenters. The number of rotatable bonds is 5. The maximum atomic E-state index is 13.2.